The first-order valence-electron chi connectivity index (χ1n) is 11.8. The van der Waals surface area contributed by atoms with Gasteiger partial charge in [0.2, 0.25) is 0 Å². The molecule has 0 bridgehead atoms. The Morgan fingerprint density at radius 3 is 2.13 bits per heavy atom. The van der Waals surface area contributed by atoms with Crippen LogP contribution in [-0.4, -0.2) is 70.8 Å². The molecule has 0 unspecified atom stereocenters. The minimum atomic E-state index is -1.65. The minimum absolute atomic E-state index is 0.0860. The molecule has 0 aliphatic carbocycles. The molecule has 1 fully saturated rings. The molecule has 2 aliphatic heterocycles. The van der Waals surface area contributed by atoms with E-state index in [9.17, 15) is 19.8 Å². The Morgan fingerprint density at radius 2 is 1.55 bits per heavy atom. The van der Waals surface area contributed by atoms with Crippen LogP contribution in [0.1, 0.15) is 39.1 Å². The second-order valence-electron chi connectivity index (χ2n) is 8.80. The number of halogens is 4. The van der Waals surface area contributed by atoms with E-state index in [2.05, 4.69) is 6.58 Å². The molecule has 1 saturated heterocycles. The van der Waals surface area contributed by atoms with Gasteiger partial charge in [-0.2, -0.15) is 0 Å². The van der Waals surface area contributed by atoms with E-state index in [1.807, 2.05) is 30.3 Å². The molecule has 2 N–H and O–H groups in total. The van der Waals surface area contributed by atoms with Gasteiger partial charge in [-0.15, -0.1) is 6.58 Å². The molecule has 0 spiro atoms. The van der Waals surface area contributed by atoms with Gasteiger partial charge in [0.05, 0.1) is 51.0 Å². The number of amides is 2. The van der Waals surface area contributed by atoms with Crippen LogP contribution in [0.4, 0.5) is 0 Å². The summed E-state index contributed by atoms with van der Waals surface area (Å²) in [5.74, 6) is -1.76. The normalized spacial score (nSPS) is 25.1. The summed E-state index contributed by atoms with van der Waals surface area (Å²) in [4.78, 5) is 27.6. The van der Waals surface area contributed by atoms with Crippen LogP contribution in [0.5, 0.6) is 0 Å². The Bertz CT molecular complexity index is 1170. The van der Waals surface area contributed by atoms with Crippen LogP contribution in [0, 0.1) is 0 Å². The third-order valence-electron chi connectivity index (χ3n) is 6.33. The van der Waals surface area contributed by atoms with Crippen molar-refractivity contribution in [3.05, 3.63) is 79.8 Å². The lowest BCUT2D eigenvalue weighted by Gasteiger charge is -2.45. The van der Waals surface area contributed by atoms with Crippen molar-refractivity contribution in [1.82, 2.24) is 4.90 Å². The maximum atomic E-state index is 13.4. The fourth-order valence-corrected chi connectivity index (χ4v) is 5.41. The van der Waals surface area contributed by atoms with E-state index in [1.165, 1.54) is 0 Å². The third kappa shape index (κ3) is 5.61. The van der Waals surface area contributed by atoms with Crippen molar-refractivity contribution < 1.29 is 34.0 Å². The fourth-order valence-electron chi connectivity index (χ4n) is 4.40. The SMILES string of the molecule is C=CCCCO[C@@H]1O[C@H](COCc2ccccc2)[C@@H](O)[C@H](O)[C@H]1N1C(=O)c2c(Cl)c(Cl)c(Cl)c(Cl)c2C1=O. The molecule has 12 heteroatoms. The van der Waals surface area contributed by atoms with Crippen LogP contribution in [0.15, 0.2) is 43.0 Å². The fraction of sp³-hybridized carbons (Fsp3) is 0.385. The number of hydrogen-bond acceptors (Lipinski definition) is 7. The zero-order chi connectivity index (χ0) is 27.6. The Morgan fingerprint density at radius 1 is 0.947 bits per heavy atom. The molecular weight excluding hydrogens is 580 g/mol. The standard InChI is InChI=1S/C26H25Cl4NO7/c1-2-3-7-10-37-26-21(23(33)22(32)14(38-26)12-36-11-13-8-5-4-6-9-13)31-24(34)15-16(25(31)35)18(28)20(30)19(29)17(15)27/h2,4-6,8-9,14,21-23,26,32-33H,1,3,7,10-12H2/t14-,21-,22-,23-,26-/m1/s1. The summed E-state index contributed by atoms with van der Waals surface area (Å²) in [6.45, 7) is 3.99. The number of fused-ring (bicyclic) bond motifs is 1. The zero-order valence-electron chi connectivity index (χ0n) is 20.0. The molecule has 8 nitrogen and oxygen atoms in total. The largest absolute Gasteiger partial charge is 0.388 e. The summed E-state index contributed by atoms with van der Waals surface area (Å²) in [6.07, 6.45) is -2.57. The molecule has 5 atom stereocenters. The van der Waals surface area contributed by atoms with Crippen LogP contribution in [0.2, 0.25) is 20.1 Å². The molecule has 38 heavy (non-hydrogen) atoms. The molecule has 0 aromatic heterocycles. The second kappa shape index (κ2) is 12.6. The lowest BCUT2D eigenvalue weighted by Crippen LogP contribution is -2.65. The average molecular weight is 605 g/mol. The van der Waals surface area contributed by atoms with Gasteiger partial charge in [-0.25, -0.2) is 0 Å². The molecule has 2 aromatic rings. The number of benzene rings is 2. The van der Waals surface area contributed by atoms with E-state index in [1.54, 1.807) is 6.08 Å². The van der Waals surface area contributed by atoms with Crippen LogP contribution in [-0.2, 0) is 20.8 Å². The van der Waals surface area contributed by atoms with Gasteiger partial charge in [0.1, 0.15) is 24.4 Å². The number of ether oxygens (including phenoxy) is 3. The first-order valence-corrected chi connectivity index (χ1v) is 13.3. The van der Waals surface area contributed by atoms with E-state index < -0.39 is 42.5 Å². The second-order valence-corrected chi connectivity index (χ2v) is 10.3. The highest BCUT2D eigenvalue weighted by Crippen LogP contribution is 2.46. The van der Waals surface area contributed by atoms with Gasteiger partial charge in [-0.05, 0) is 18.4 Å². The van der Waals surface area contributed by atoms with E-state index in [4.69, 9.17) is 60.6 Å². The molecule has 2 amide bonds. The van der Waals surface area contributed by atoms with Crippen molar-refractivity contribution in [2.24, 2.45) is 0 Å². The number of allylic oxidation sites excluding steroid dienone is 1. The summed E-state index contributed by atoms with van der Waals surface area (Å²) in [6, 6.07) is 7.94. The molecule has 2 aliphatic rings. The number of rotatable bonds is 10. The van der Waals surface area contributed by atoms with Crippen molar-refractivity contribution in [2.45, 2.75) is 50.1 Å². The monoisotopic (exact) mass is 603 g/mol. The van der Waals surface area contributed by atoms with Gasteiger partial charge in [0, 0.05) is 0 Å². The van der Waals surface area contributed by atoms with E-state index in [-0.39, 0.29) is 51.0 Å². The third-order valence-corrected chi connectivity index (χ3v) is 8.13. The Labute approximate surface area is 239 Å². The predicted octanol–water partition coefficient (Wildman–Crippen LogP) is 4.91. The number of unbranched alkanes of at least 4 members (excludes halogenated alkanes) is 1. The number of hydrogen-bond donors (Lipinski definition) is 2. The van der Waals surface area contributed by atoms with Crippen LogP contribution in [0.25, 0.3) is 0 Å². The summed E-state index contributed by atoms with van der Waals surface area (Å²) in [5, 5.41) is 21.2. The average Bonchev–Trinajstić information content (AvgIpc) is 3.17. The number of carbonyl (C=O) groups excluding carboxylic acids is 2. The summed E-state index contributed by atoms with van der Waals surface area (Å²) < 4.78 is 17.5. The smallest absolute Gasteiger partial charge is 0.263 e. The Hall–Kier alpha value is -1.72. The highest BCUT2D eigenvalue weighted by Gasteiger charge is 2.54. The molecule has 2 heterocycles. The molecule has 2 aromatic carbocycles. The number of aliphatic hydroxyl groups is 2. The van der Waals surface area contributed by atoms with E-state index >= 15 is 0 Å². The quantitative estimate of drug-likeness (QED) is 0.130. The summed E-state index contributed by atoms with van der Waals surface area (Å²) in [5.41, 5.74) is 0.401. The van der Waals surface area contributed by atoms with E-state index in [0.29, 0.717) is 12.8 Å². The van der Waals surface area contributed by atoms with Crippen molar-refractivity contribution in [1.29, 1.82) is 0 Å². The number of imide groups is 1. The lowest BCUT2D eigenvalue weighted by atomic mass is 9.95. The van der Waals surface area contributed by atoms with E-state index in [0.717, 1.165) is 10.5 Å². The first-order chi connectivity index (χ1) is 18.2. The summed E-state index contributed by atoms with van der Waals surface area (Å²) in [7, 11) is 0. The highest BCUT2D eigenvalue weighted by atomic mass is 35.5. The number of carbonyl (C=O) groups is 2. The van der Waals surface area contributed by atoms with Gasteiger partial charge in [0.25, 0.3) is 11.8 Å². The van der Waals surface area contributed by atoms with Crippen LogP contribution >= 0.6 is 46.4 Å². The maximum absolute atomic E-state index is 13.4. The van der Waals surface area contributed by atoms with Crippen molar-refractivity contribution >= 4 is 58.2 Å². The van der Waals surface area contributed by atoms with Crippen molar-refractivity contribution in [3.8, 4) is 0 Å². The number of nitrogens with zero attached hydrogens (tertiary/aromatic N) is 1. The summed E-state index contributed by atoms with van der Waals surface area (Å²) >= 11 is 24.7. The minimum Gasteiger partial charge on any atom is -0.388 e. The zero-order valence-corrected chi connectivity index (χ0v) is 23.0. The predicted molar refractivity (Wildman–Crippen MR) is 143 cm³/mol. The highest BCUT2D eigenvalue weighted by molar-refractivity contribution is 6.55. The molecule has 204 valence electrons. The van der Waals surface area contributed by atoms with Gasteiger partial charge < -0.3 is 24.4 Å². The van der Waals surface area contributed by atoms with Gasteiger partial charge in [-0.1, -0.05) is 82.8 Å². The van der Waals surface area contributed by atoms with Crippen LogP contribution < -0.4 is 0 Å². The molecular formula is C26H25Cl4NO7. The lowest BCUT2D eigenvalue weighted by molar-refractivity contribution is -0.282. The molecule has 0 radical (unpaired) electrons. The Balaban J connectivity index is 1.59. The van der Waals surface area contributed by atoms with Gasteiger partial charge >= 0.3 is 0 Å². The van der Waals surface area contributed by atoms with Crippen molar-refractivity contribution in [3.63, 3.8) is 0 Å². The van der Waals surface area contributed by atoms with Gasteiger partial charge in [0.15, 0.2) is 6.29 Å². The molecule has 4 rings (SSSR count). The van der Waals surface area contributed by atoms with Crippen LogP contribution in [0.3, 0.4) is 0 Å². The maximum Gasteiger partial charge on any atom is 0.263 e. The van der Waals surface area contributed by atoms with Crippen molar-refractivity contribution in [2.75, 3.05) is 13.2 Å². The van der Waals surface area contributed by atoms with Gasteiger partial charge in [-0.3, -0.25) is 14.5 Å². The first kappa shape index (κ1) is 29.3. The topological polar surface area (TPSA) is 106 Å². The molecule has 0 saturated carbocycles. The number of aliphatic hydroxyl groups excluding tert-OH is 2. The Kier molecular flexibility index (Phi) is 9.73.